The summed E-state index contributed by atoms with van der Waals surface area (Å²) in [6, 6.07) is 4.85. The number of alkyl halides is 6. The quantitative estimate of drug-likeness (QED) is 0.585. The molecule has 3 nitrogen and oxygen atoms in total. The maximum absolute atomic E-state index is 12.7. The second-order valence-electron chi connectivity index (χ2n) is 7.52. The first-order valence-corrected chi connectivity index (χ1v) is 9.75. The van der Waals surface area contributed by atoms with Gasteiger partial charge in [-0.15, -0.1) is 0 Å². The molecular weight excluding hydrogens is 398 g/mol. The van der Waals surface area contributed by atoms with Crippen molar-refractivity contribution in [2.24, 2.45) is 5.92 Å². The molecule has 0 unspecified atom stereocenters. The van der Waals surface area contributed by atoms with Crippen molar-refractivity contribution in [1.82, 2.24) is 10.2 Å². The lowest BCUT2D eigenvalue weighted by Gasteiger charge is -2.32. The number of carbonyl (C=O) groups is 1. The molecule has 1 aliphatic heterocycles. The van der Waals surface area contributed by atoms with E-state index in [4.69, 9.17) is 0 Å². The first-order valence-electron chi connectivity index (χ1n) is 9.75. The molecule has 0 radical (unpaired) electrons. The number of nitrogens with one attached hydrogen (secondary N) is 1. The molecule has 0 aliphatic carbocycles. The predicted molar refractivity (Wildman–Crippen MR) is 97.0 cm³/mol. The number of hydrogen-bond donors (Lipinski definition) is 1. The molecule has 1 aromatic carbocycles. The van der Waals surface area contributed by atoms with E-state index in [2.05, 4.69) is 5.32 Å². The zero-order valence-electron chi connectivity index (χ0n) is 16.1. The fourth-order valence-corrected chi connectivity index (χ4v) is 3.48. The molecule has 9 heteroatoms. The van der Waals surface area contributed by atoms with E-state index in [0.717, 1.165) is 38.1 Å². The molecule has 164 valence electrons. The van der Waals surface area contributed by atoms with Crippen LogP contribution >= 0.6 is 0 Å². The number of piperidine rings is 1. The second-order valence-corrected chi connectivity index (χ2v) is 7.52. The van der Waals surface area contributed by atoms with Crippen molar-refractivity contribution in [1.29, 1.82) is 0 Å². The highest BCUT2D eigenvalue weighted by Gasteiger charge is 2.30. The van der Waals surface area contributed by atoms with Crippen molar-refractivity contribution >= 4 is 5.91 Å². The summed E-state index contributed by atoms with van der Waals surface area (Å²) in [7, 11) is 0. The molecule has 0 saturated carbocycles. The van der Waals surface area contributed by atoms with Crippen LogP contribution in [-0.2, 0) is 17.5 Å². The number of nitrogens with zero attached hydrogens (tertiary/aromatic N) is 1. The summed E-state index contributed by atoms with van der Waals surface area (Å²) in [5.41, 5.74) is -0.355. The van der Waals surface area contributed by atoms with Gasteiger partial charge in [-0.3, -0.25) is 4.79 Å². The molecular formula is C20H26F6N2O. The summed E-state index contributed by atoms with van der Waals surface area (Å²) < 4.78 is 74.7. The minimum Gasteiger partial charge on any atom is -0.352 e. The zero-order chi connectivity index (χ0) is 21.5. The highest BCUT2D eigenvalue weighted by Crippen LogP contribution is 2.29. The fraction of sp³-hybridized carbons (Fsp3) is 0.650. The molecule has 2 rings (SSSR count). The number of benzene rings is 1. The van der Waals surface area contributed by atoms with E-state index in [-0.39, 0.29) is 25.3 Å². The van der Waals surface area contributed by atoms with Crippen LogP contribution < -0.4 is 5.32 Å². The Kier molecular flexibility index (Phi) is 8.36. The Morgan fingerprint density at radius 3 is 2.41 bits per heavy atom. The standard InChI is InChI=1S/C20H26F6N2O/c21-19(22,23)9-2-10-28-11-7-15(8-12-28)5-6-18(29)27-14-16-3-1-4-17(13-16)20(24,25)26/h1,3-4,13,15H,2,5-12,14H2,(H,27,29). The van der Waals surface area contributed by atoms with E-state index in [1.165, 1.54) is 12.1 Å². The molecule has 1 fully saturated rings. The third kappa shape index (κ3) is 9.06. The van der Waals surface area contributed by atoms with Crippen LogP contribution in [0.3, 0.4) is 0 Å². The highest BCUT2D eigenvalue weighted by molar-refractivity contribution is 5.75. The van der Waals surface area contributed by atoms with Gasteiger partial charge in [0.1, 0.15) is 0 Å². The monoisotopic (exact) mass is 424 g/mol. The van der Waals surface area contributed by atoms with Crippen molar-refractivity contribution in [2.45, 2.75) is 57.4 Å². The SMILES string of the molecule is O=C(CCC1CCN(CCCC(F)(F)F)CC1)NCc1cccc(C(F)(F)F)c1. The number of hydrogen-bond acceptors (Lipinski definition) is 2. The van der Waals surface area contributed by atoms with E-state index in [0.29, 0.717) is 24.4 Å². The van der Waals surface area contributed by atoms with E-state index in [9.17, 15) is 31.1 Å². The number of likely N-dealkylation sites (tertiary alicyclic amines) is 1. The maximum atomic E-state index is 12.7. The molecule has 1 N–H and O–H groups in total. The number of rotatable bonds is 8. The molecule has 1 aromatic rings. The van der Waals surface area contributed by atoms with E-state index in [1.54, 1.807) is 0 Å². The minimum absolute atomic E-state index is 0.0421. The molecule has 1 saturated heterocycles. The van der Waals surface area contributed by atoms with Gasteiger partial charge in [-0.2, -0.15) is 26.3 Å². The Morgan fingerprint density at radius 1 is 1.10 bits per heavy atom. The van der Waals surface area contributed by atoms with Crippen LogP contribution in [0.15, 0.2) is 24.3 Å². The van der Waals surface area contributed by atoms with Gasteiger partial charge in [0.15, 0.2) is 0 Å². The number of halogens is 6. The van der Waals surface area contributed by atoms with E-state index < -0.39 is 24.3 Å². The Morgan fingerprint density at radius 2 is 1.79 bits per heavy atom. The van der Waals surface area contributed by atoms with Crippen LogP contribution in [0, 0.1) is 5.92 Å². The normalized spacial score (nSPS) is 16.8. The molecule has 0 spiro atoms. The minimum atomic E-state index is -4.42. The largest absolute Gasteiger partial charge is 0.416 e. The van der Waals surface area contributed by atoms with Gasteiger partial charge in [-0.1, -0.05) is 12.1 Å². The summed E-state index contributed by atoms with van der Waals surface area (Å²) in [5.74, 6) is 0.128. The fourth-order valence-electron chi connectivity index (χ4n) is 3.48. The lowest BCUT2D eigenvalue weighted by Crippen LogP contribution is -2.35. The van der Waals surface area contributed by atoms with Gasteiger partial charge in [0.05, 0.1) is 5.56 Å². The lowest BCUT2D eigenvalue weighted by molar-refractivity contribution is -0.138. The van der Waals surface area contributed by atoms with Crippen LogP contribution in [0.25, 0.3) is 0 Å². The Labute approximate surface area is 166 Å². The molecule has 0 bridgehead atoms. The average molecular weight is 424 g/mol. The molecule has 1 aliphatic rings. The first kappa shape index (κ1) is 23.5. The summed E-state index contributed by atoms with van der Waals surface area (Å²) in [5, 5.41) is 2.64. The summed E-state index contributed by atoms with van der Waals surface area (Å²) >= 11 is 0. The molecule has 1 heterocycles. The average Bonchev–Trinajstić information content (AvgIpc) is 2.64. The van der Waals surface area contributed by atoms with Crippen molar-refractivity contribution in [3.05, 3.63) is 35.4 Å². The Bertz CT molecular complexity index is 651. The third-order valence-electron chi connectivity index (χ3n) is 5.17. The van der Waals surface area contributed by atoms with Crippen LogP contribution in [0.2, 0.25) is 0 Å². The molecule has 29 heavy (non-hydrogen) atoms. The van der Waals surface area contributed by atoms with E-state index in [1.807, 2.05) is 4.90 Å². The summed E-state index contributed by atoms with van der Waals surface area (Å²) in [4.78, 5) is 14.0. The molecule has 0 aromatic heterocycles. The topological polar surface area (TPSA) is 32.3 Å². The summed E-state index contributed by atoms with van der Waals surface area (Å²) in [6.07, 6.45) is -6.55. The smallest absolute Gasteiger partial charge is 0.352 e. The van der Waals surface area contributed by atoms with Gasteiger partial charge in [-0.05, 0) is 68.9 Å². The van der Waals surface area contributed by atoms with Crippen LogP contribution in [0.5, 0.6) is 0 Å². The van der Waals surface area contributed by atoms with Crippen molar-refractivity contribution in [3.63, 3.8) is 0 Å². The maximum Gasteiger partial charge on any atom is 0.416 e. The third-order valence-corrected chi connectivity index (χ3v) is 5.17. The van der Waals surface area contributed by atoms with Gasteiger partial charge in [0, 0.05) is 19.4 Å². The van der Waals surface area contributed by atoms with Gasteiger partial charge in [0.25, 0.3) is 0 Å². The van der Waals surface area contributed by atoms with Crippen molar-refractivity contribution < 1.29 is 31.1 Å². The van der Waals surface area contributed by atoms with Gasteiger partial charge in [-0.25, -0.2) is 0 Å². The highest BCUT2D eigenvalue weighted by atomic mass is 19.4. The second kappa shape index (κ2) is 10.3. The Hall–Kier alpha value is -1.77. The number of amides is 1. The number of carbonyl (C=O) groups excluding carboxylic acids is 1. The Balaban J connectivity index is 1.63. The molecule has 0 atom stereocenters. The van der Waals surface area contributed by atoms with Crippen molar-refractivity contribution in [3.8, 4) is 0 Å². The molecule has 1 amide bonds. The lowest BCUT2D eigenvalue weighted by atomic mass is 9.92. The van der Waals surface area contributed by atoms with Crippen LogP contribution in [0.4, 0.5) is 26.3 Å². The first-order chi connectivity index (χ1) is 13.5. The van der Waals surface area contributed by atoms with Crippen LogP contribution in [-0.4, -0.2) is 36.6 Å². The van der Waals surface area contributed by atoms with Gasteiger partial charge >= 0.3 is 12.4 Å². The van der Waals surface area contributed by atoms with Crippen LogP contribution in [0.1, 0.15) is 49.7 Å². The van der Waals surface area contributed by atoms with Crippen molar-refractivity contribution in [2.75, 3.05) is 19.6 Å². The van der Waals surface area contributed by atoms with E-state index >= 15 is 0 Å². The predicted octanol–water partition coefficient (Wildman–Crippen LogP) is 5.16. The zero-order valence-corrected chi connectivity index (χ0v) is 16.1. The summed E-state index contributed by atoms with van der Waals surface area (Å²) in [6.45, 7) is 1.94. The van der Waals surface area contributed by atoms with Gasteiger partial charge in [0.2, 0.25) is 5.91 Å². The van der Waals surface area contributed by atoms with Gasteiger partial charge < -0.3 is 10.2 Å².